The summed E-state index contributed by atoms with van der Waals surface area (Å²) in [4.78, 5) is 11.3. The van der Waals surface area contributed by atoms with Crippen molar-refractivity contribution in [2.75, 3.05) is 0 Å². The van der Waals surface area contributed by atoms with E-state index in [1.165, 1.54) is 0 Å². The van der Waals surface area contributed by atoms with Gasteiger partial charge in [0, 0.05) is 5.92 Å². The van der Waals surface area contributed by atoms with E-state index in [0.717, 1.165) is 33.4 Å². The average Bonchev–Trinajstić information content (AvgIpc) is 2.50. The van der Waals surface area contributed by atoms with Crippen molar-refractivity contribution in [2.45, 2.75) is 33.6 Å². The van der Waals surface area contributed by atoms with Gasteiger partial charge >= 0.3 is 5.97 Å². The van der Waals surface area contributed by atoms with Crippen LogP contribution in [-0.4, -0.2) is 11.1 Å². The summed E-state index contributed by atoms with van der Waals surface area (Å²) in [6.07, 6.45) is 0. The van der Waals surface area contributed by atoms with Crippen LogP contribution in [0.15, 0.2) is 46.5 Å². The smallest absolute Gasteiger partial charge is 0.348 e. The number of halogens is 2. The Kier molecular flexibility index (Phi) is 5.74. The topological polar surface area (TPSA) is 37.3 Å². The van der Waals surface area contributed by atoms with Crippen molar-refractivity contribution in [3.63, 3.8) is 0 Å². The Morgan fingerprint density at radius 1 is 0.875 bits per heavy atom. The van der Waals surface area contributed by atoms with Crippen LogP contribution in [0.25, 0.3) is 0 Å². The third-order valence-electron chi connectivity index (χ3n) is 4.12. The van der Waals surface area contributed by atoms with Crippen LogP contribution in [-0.2, 0) is 4.79 Å². The van der Waals surface area contributed by atoms with E-state index < -0.39 is 11.9 Å². The zero-order valence-electron chi connectivity index (χ0n) is 14.2. The van der Waals surface area contributed by atoms with Crippen LogP contribution >= 0.6 is 23.2 Å². The minimum Gasteiger partial charge on any atom is -0.477 e. The van der Waals surface area contributed by atoms with E-state index in [1.54, 1.807) is 0 Å². The number of carbonyl (C=O) groups is 1. The highest BCUT2D eigenvalue weighted by molar-refractivity contribution is 6.47. The Hall–Kier alpha value is -1.77. The van der Waals surface area contributed by atoms with Crippen molar-refractivity contribution in [3.05, 3.63) is 79.8 Å². The highest BCUT2D eigenvalue weighted by Crippen LogP contribution is 2.40. The summed E-state index contributed by atoms with van der Waals surface area (Å²) in [6.45, 7) is 8.03. The monoisotopic (exact) mass is 362 g/mol. The normalized spacial score (nSPS) is 12.3. The van der Waals surface area contributed by atoms with E-state index >= 15 is 0 Å². The van der Waals surface area contributed by atoms with Crippen LogP contribution in [0.1, 0.15) is 39.3 Å². The van der Waals surface area contributed by atoms with Crippen molar-refractivity contribution in [1.82, 2.24) is 0 Å². The second-order valence-electron chi connectivity index (χ2n) is 6.12. The molecule has 0 aliphatic heterocycles. The van der Waals surface area contributed by atoms with Gasteiger partial charge in [-0.3, -0.25) is 0 Å². The van der Waals surface area contributed by atoms with Gasteiger partial charge in [0.05, 0.1) is 5.03 Å². The zero-order chi connectivity index (χ0) is 18.0. The summed E-state index contributed by atoms with van der Waals surface area (Å²) in [6, 6.07) is 12.1. The molecule has 0 amide bonds. The first-order chi connectivity index (χ1) is 11.2. The second kappa shape index (κ2) is 7.42. The maximum absolute atomic E-state index is 11.3. The quantitative estimate of drug-likeness (QED) is 0.695. The third-order valence-corrected chi connectivity index (χ3v) is 4.99. The van der Waals surface area contributed by atoms with Crippen molar-refractivity contribution >= 4 is 29.2 Å². The van der Waals surface area contributed by atoms with Crippen LogP contribution in [0, 0.1) is 27.7 Å². The Bertz CT molecular complexity index is 771. The van der Waals surface area contributed by atoms with Crippen LogP contribution in [0.5, 0.6) is 0 Å². The van der Waals surface area contributed by atoms with Gasteiger partial charge in [0.1, 0.15) is 5.03 Å². The van der Waals surface area contributed by atoms with Gasteiger partial charge in [0.2, 0.25) is 0 Å². The van der Waals surface area contributed by atoms with Gasteiger partial charge in [0.25, 0.3) is 0 Å². The van der Waals surface area contributed by atoms with E-state index in [2.05, 4.69) is 12.1 Å². The SMILES string of the molecule is Cc1ccc(C(/C(Cl)=C(\Cl)C(=O)O)c2ccc(C)cc2C)c(C)c1. The molecule has 1 N–H and O–H groups in total. The largest absolute Gasteiger partial charge is 0.477 e. The number of hydrogen-bond acceptors (Lipinski definition) is 1. The molecule has 0 aliphatic rings. The summed E-state index contributed by atoms with van der Waals surface area (Å²) in [5.74, 6) is -1.63. The molecule has 2 rings (SSSR count). The molecular formula is C20H20Cl2O2. The molecule has 0 bridgehead atoms. The lowest BCUT2D eigenvalue weighted by Gasteiger charge is -2.23. The second-order valence-corrected chi connectivity index (χ2v) is 6.91. The van der Waals surface area contributed by atoms with Crippen LogP contribution in [0.4, 0.5) is 0 Å². The molecule has 2 aromatic carbocycles. The molecule has 0 heterocycles. The first-order valence-electron chi connectivity index (χ1n) is 7.65. The third kappa shape index (κ3) is 3.82. The molecule has 2 aromatic rings. The molecule has 0 radical (unpaired) electrons. The number of carboxylic acids is 1. The first-order valence-corrected chi connectivity index (χ1v) is 8.40. The average molecular weight is 363 g/mol. The molecule has 0 aliphatic carbocycles. The Morgan fingerprint density at radius 2 is 1.29 bits per heavy atom. The Morgan fingerprint density at radius 3 is 1.62 bits per heavy atom. The minimum atomic E-state index is -1.22. The Balaban J connectivity index is 2.75. The van der Waals surface area contributed by atoms with Crippen LogP contribution in [0.3, 0.4) is 0 Å². The molecule has 0 fully saturated rings. The number of hydrogen-bond donors (Lipinski definition) is 1. The summed E-state index contributed by atoms with van der Waals surface area (Å²) in [7, 11) is 0. The highest BCUT2D eigenvalue weighted by atomic mass is 35.5. The number of allylic oxidation sites excluding steroid dienone is 1. The minimum absolute atomic E-state index is 0.128. The van der Waals surface area contributed by atoms with E-state index in [0.29, 0.717) is 0 Å². The molecule has 4 heteroatoms. The van der Waals surface area contributed by atoms with E-state index in [9.17, 15) is 9.90 Å². The lowest BCUT2D eigenvalue weighted by molar-refractivity contribution is -0.131. The van der Waals surface area contributed by atoms with Gasteiger partial charge < -0.3 is 5.11 Å². The van der Waals surface area contributed by atoms with Gasteiger partial charge in [-0.25, -0.2) is 4.79 Å². The molecule has 0 saturated heterocycles. The van der Waals surface area contributed by atoms with Crippen molar-refractivity contribution in [2.24, 2.45) is 0 Å². The van der Waals surface area contributed by atoms with Gasteiger partial charge in [-0.05, 0) is 49.9 Å². The van der Waals surface area contributed by atoms with Gasteiger partial charge in [-0.2, -0.15) is 0 Å². The molecule has 0 saturated carbocycles. The maximum Gasteiger partial charge on any atom is 0.348 e. The molecule has 0 atom stereocenters. The molecule has 0 spiro atoms. The molecular weight excluding hydrogens is 343 g/mol. The standard InChI is InChI=1S/C20H20Cl2O2/c1-11-5-7-15(13(3)9-11)17(18(21)19(22)20(23)24)16-8-6-12(2)10-14(16)4/h5-10,17H,1-4H3,(H,23,24)/b19-18+. The predicted molar refractivity (Wildman–Crippen MR) is 100 cm³/mol. The predicted octanol–water partition coefficient (Wildman–Crippen LogP) is 5.83. The van der Waals surface area contributed by atoms with Gasteiger partial charge in [-0.15, -0.1) is 0 Å². The van der Waals surface area contributed by atoms with Crippen molar-refractivity contribution < 1.29 is 9.90 Å². The van der Waals surface area contributed by atoms with Gasteiger partial charge in [-0.1, -0.05) is 70.7 Å². The highest BCUT2D eigenvalue weighted by Gasteiger charge is 2.26. The van der Waals surface area contributed by atoms with E-state index in [4.69, 9.17) is 23.2 Å². The lowest BCUT2D eigenvalue weighted by Crippen LogP contribution is -2.09. The molecule has 0 unspecified atom stereocenters. The Labute approximate surface area is 152 Å². The molecule has 0 aromatic heterocycles. The summed E-state index contributed by atoms with van der Waals surface area (Å²) in [5, 5.41) is 9.03. The first kappa shape index (κ1) is 18.6. The zero-order valence-corrected chi connectivity index (χ0v) is 15.7. The maximum atomic E-state index is 11.3. The molecule has 126 valence electrons. The number of rotatable bonds is 4. The number of aryl methyl sites for hydroxylation is 4. The fourth-order valence-corrected chi connectivity index (χ4v) is 3.39. The van der Waals surface area contributed by atoms with Crippen molar-refractivity contribution in [1.29, 1.82) is 0 Å². The van der Waals surface area contributed by atoms with E-state index in [-0.39, 0.29) is 10.1 Å². The van der Waals surface area contributed by atoms with Gasteiger partial charge in [0.15, 0.2) is 0 Å². The molecule has 2 nitrogen and oxygen atoms in total. The number of aliphatic carboxylic acids is 1. The fraction of sp³-hybridized carbons (Fsp3) is 0.250. The number of carboxylic acid groups (broad SMARTS) is 1. The summed E-state index contributed by atoms with van der Waals surface area (Å²) in [5.41, 5.74) is 6.29. The number of benzene rings is 2. The summed E-state index contributed by atoms with van der Waals surface area (Å²) >= 11 is 12.4. The lowest BCUT2D eigenvalue weighted by atomic mass is 9.84. The van der Waals surface area contributed by atoms with Crippen molar-refractivity contribution in [3.8, 4) is 0 Å². The van der Waals surface area contributed by atoms with Crippen LogP contribution in [0.2, 0.25) is 0 Å². The van der Waals surface area contributed by atoms with Crippen LogP contribution < -0.4 is 0 Å². The fourth-order valence-electron chi connectivity index (χ4n) is 2.97. The van der Waals surface area contributed by atoms with E-state index in [1.807, 2.05) is 52.0 Å². The summed E-state index contributed by atoms with van der Waals surface area (Å²) < 4.78 is 0. The molecule has 24 heavy (non-hydrogen) atoms.